The van der Waals surface area contributed by atoms with Crippen LogP contribution in [0.2, 0.25) is 5.02 Å². The van der Waals surface area contributed by atoms with Crippen molar-refractivity contribution in [1.29, 1.82) is 0 Å². The fourth-order valence-corrected chi connectivity index (χ4v) is 2.27. The summed E-state index contributed by atoms with van der Waals surface area (Å²) in [6.45, 7) is 0.0320. The summed E-state index contributed by atoms with van der Waals surface area (Å²) in [5.41, 5.74) is 0.695. The van der Waals surface area contributed by atoms with Crippen LogP contribution >= 0.6 is 11.6 Å². The molecule has 0 aromatic heterocycles. The molecule has 2 N–H and O–H groups in total. The third-order valence-electron chi connectivity index (χ3n) is 3.30. The van der Waals surface area contributed by atoms with Gasteiger partial charge >= 0.3 is 12.1 Å². The van der Waals surface area contributed by atoms with Crippen molar-refractivity contribution in [3.8, 4) is 5.75 Å². The molecule has 26 heavy (non-hydrogen) atoms. The number of benzene rings is 2. The molecule has 5 nitrogen and oxygen atoms in total. The second-order valence-electron chi connectivity index (χ2n) is 5.18. The van der Waals surface area contributed by atoms with Crippen LogP contribution in [0.1, 0.15) is 15.9 Å². The smallest absolute Gasteiger partial charge is 0.471 e. The van der Waals surface area contributed by atoms with Crippen molar-refractivity contribution in [1.82, 2.24) is 5.32 Å². The van der Waals surface area contributed by atoms with Gasteiger partial charge in [0.15, 0.2) is 0 Å². The standard InChI is InChI=1S/C17H14ClF3N2O3/c1-26-14-6-5-11(18)8-13(14)15(24)22-9-10-3-2-4-12(7-10)23-16(25)17(19,20)21/h2-8H,9H2,1H3,(H,22,24)(H,23,25). The Labute approximate surface area is 152 Å². The summed E-state index contributed by atoms with van der Waals surface area (Å²) in [5, 5.41) is 4.72. The van der Waals surface area contributed by atoms with Crippen LogP contribution in [0.25, 0.3) is 0 Å². The first-order chi connectivity index (χ1) is 12.2. The fourth-order valence-electron chi connectivity index (χ4n) is 2.10. The lowest BCUT2D eigenvalue weighted by molar-refractivity contribution is -0.167. The molecule has 0 fully saturated rings. The van der Waals surface area contributed by atoms with E-state index in [2.05, 4.69) is 5.32 Å². The summed E-state index contributed by atoms with van der Waals surface area (Å²) in [4.78, 5) is 23.2. The molecule has 0 heterocycles. The molecule has 0 aliphatic rings. The second kappa shape index (κ2) is 8.09. The van der Waals surface area contributed by atoms with E-state index in [0.717, 1.165) is 0 Å². The van der Waals surface area contributed by atoms with Crippen LogP contribution in [0.3, 0.4) is 0 Å². The van der Waals surface area contributed by atoms with E-state index in [1.165, 1.54) is 31.4 Å². The van der Waals surface area contributed by atoms with Crippen molar-refractivity contribution in [3.63, 3.8) is 0 Å². The highest BCUT2D eigenvalue weighted by Crippen LogP contribution is 2.23. The number of amides is 2. The normalized spacial score (nSPS) is 11.0. The maximum Gasteiger partial charge on any atom is 0.471 e. The van der Waals surface area contributed by atoms with Gasteiger partial charge in [0.2, 0.25) is 0 Å². The minimum atomic E-state index is -4.98. The number of carbonyl (C=O) groups is 2. The first-order valence-corrected chi connectivity index (χ1v) is 7.67. The molecular formula is C17H14ClF3N2O3. The van der Waals surface area contributed by atoms with Gasteiger partial charge in [-0.1, -0.05) is 23.7 Å². The van der Waals surface area contributed by atoms with Gasteiger partial charge in [0.1, 0.15) is 5.75 Å². The minimum absolute atomic E-state index is 0.0283. The molecule has 0 bridgehead atoms. The molecule has 0 radical (unpaired) electrons. The molecular weight excluding hydrogens is 373 g/mol. The van der Waals surface area contributed by atoms with Crippen molar-refractivity contribution in [2.75, 3.05) is 12.4 Å². The van der Waals surface area contributed by atoms with E-state index in [9.17, 15) is 22.8 Å². The molecule has 0 aliphatic heterocycles. The molecule has 138 valence electrons. The lowest BCUT2D eigenvalue weighted by Crippen LogP contribution is -2.30. The summed E-state index contributed by atoms with van der Waals surface area (Å²) in [7, 11) is 1.41. The molecule has 0 atom stereocenters. The van der Waals surface area contributed by atoms with E-state index in [1.807, 2.05) is 0 Å². The number of methoxy groups -OCH3 is 1. The Kier molecular flexibility index (Phi) is 6.10. The molecule has 0 aliphatic carbocycles. The van der Waals surface area contributed by atoms with Crippen molar-refractivity contribution in [2.24, 2.45) is 0 Å². The molecule has 0 saturated heterocycles. The Hall–Kier alpha value is -2.74. The summed E-state index contributed by atoms with van der Waals surface area (Å²) in [6, 6.07) is 10.3. The number of rotatable bonds is 5. The minimum Gasteiger partial charge on any atom is -0.496 e. The number of ether oxygens (including phenoxy) is 1. The molecule has 9 heteroatoms. The largest absolute Gasteiger partial charge is 0.496 e. The number of anilines is 1. The molecule has 2 aromatic rings. The van der Waals surface area contributed by atoms with Gasteiger partial charge in [-0.3, -0.25) is 9.59 Å². The molecule has 0 saturated carbocycles. The molecule has 0 unspecified atom stereocenters. The van der Waals surface area contributed by atoms with Crippen LogP contribution in [-0.4, -0.2) is 25.1 Å². The van der Waals surface area contributed by atoms with Crippen LogP contribution in [0, 0.1) is 0 Å². The number of nitrogens with one attached hydrogen (secondary N) is 2. The van der Waals surface area contributed by atoms with Crippen LogP contribution in [0.15, 0.2) is 42.5 Å². The second-order valence-corrected chi connectivity index (χ2v) is 5.62. The SMILES string of the molecule is COc1ccc(Cl)cc1C(=O)NCc1cccc(NC(=O)C(F)(F)F)c1. The zero-order chi connectivity index (χ0) is 19.3. The average Bonchev–Trinajstić information content (AvgIpc) is 2.59. The predicted molar refractivity (Wildman–Crippen MR) is 90.3 cm³/mol. The van der Waals surface area contributed by atoms with Crippen molar-refractivity contribution in [3.05, 3.63) is 58.6 Å². The topological polar surface area (TPSA) is 67.4 Å². The van der Waals surface area contributed by atoms with Gasteiger partial charge in [-0.2, -0.15) is 13.2 Å². The quantitative estimate of drug-likeness (QED) is 0.821. The predicted octanol–water partition coefficient (Wildman–Crippen LogP) is 3.78. The third kappa shape index (κ3) is 5.13. The molecule has 0 spiro atoms. The van der Waals surface area contributed by atoms with Gasteiger partial charge in [0, 0.05) is 17.3 Å². The summed E-state index contributed by atoms with van der Waals surface area (Å²) in [5.74, 6) is -2.20. The van der Waals surface area contributed by atoms with Crippen LogP contribution in [-0.2, 0) is 11.3 Å². The number of halogens is 4. The number of hydrogen-bond donors (Lipinski definition) is 2. The Morgan fingerprint density at radius 1 is 1.15 bits per heavy atom. The van der Waals surface area contributed by atoms with Crippen LogP contribution in [0.5, 0.6) is 5.75 Å². The Morgan fingerprint density at radius 2 is 1.88 bits per heavy atom. The van der Waals surface area contributed by atoms with Crippen molar-refractivity contribution in [2.45, 2.75) is 12.7 Å². The van der Waals surface area contributed by atoms with Gasteiger partial charge in [0.25, 0.3) is 5.91 Å². The highest BCUT2D eigenvalue weighted by Gasteiger charge is 2.38. The monoisotopic (exact) mass is 386 g/mol. The zero-order valence-corrected chi connectivity index (χ0v) is 14.2. The van der Waals surface area contributed by atoms with Gasteiger partial charge < -0.3 is 15.4 Å². The molecule has 2 rings (SSSR count). The summed E-state index contributed by atoms with van der Waals surface area (Å²) < 4.78 is 42.0. The average molecular weight is 387 g/mol. The maximum absolute atomic E-state index is 12.3. The fraction of sp³-hybridized carbons (Fsp3) is 0.176. The van der Waals surface area contributed by atoms with Gasteiger partial charge in [0.05, 0.1) is 12.7 Å². The van der Waals surface area contributed by atoms with E-state index < -0.39 is 18.0 Å². The van der Waals surface area contributed by atoms with Gasteiger partial charge in [-0.15, -0.1) is 0 Å². The van der Waals surface area contributed by atoms with E-state index >= 15 is 0 Å². The third-order valence-corrected chi connectivity index (χ3v) is 3.54. The lowest BCUT2D eigenvalue weighted by Gasteiger charge is -2.11. The Morgan fingerprint density at radius 3 is 2.54 bits per heavy atom. The highest BCUT2D eigenvalue weighted by molar-refractivity contribution is 6.31. The molecule has 2 aromatic carbocycles. The lowest BCUT2D eigenvalue weighted by atomic mass is 10.1. The Bertz CT molecular complexity index is 825. The van der Waals surface area contributed by atoms with E-state index in [4.69, 9.17) is 16.3 Å². The zero-order valence-electron chi connectivity index (χ0n) is 13.5. The Balaban J connectivity index is 2.06. The first kappa shape index (κ1) is 19.6. The summed E-state index contributed by atoms with van der Waals surface area (Å²) >= 11 is 5.87. The van der Waals surface area contributed by atoms with Crippen LogP contribution < -0.4 is 15.4 Å². The first-order valence-electron chi connectivity index (χ1n) is 7.29. The van der Waals surface area contributed by atoms with Crippen molar-refractivity contribution >= 4 is 29.1 Å². The van der Waals surface area contributed by atoms with E-state index in [1.54, 1.807) is 23.5 Å². The summed E-state index contributed by atoms with van der Waals surface area (Å²) in [6.07, 6.45) is -4.98. The van der Waals surface area contributed by atoms with E-state index in [-0.39, 0.29) is 17.8 Å². The number of alkyl halides is 3. The number of carbonyl (C=O) groups excluding carboxylic acids is 2. The van der Waals surface area contributed by atoms with Gasteiger partial charge in [-0.05, 0) is 35.9 Å². The molecule has 2 amide bonds. The van der Waals surface area contributed by atoms with Crippen LogP contribution in [0.4, 0.5) is 18.9 Å². The highest BCUT2D eigenvalue weighted by atomic mass is 35.5. The maximum atomic E-state index is 12.3. The van der Waals surface area contributed by atoms with Gasteiger partial charge in [-0.25, -0.2) is 0 Å². The number of hydrogen-bond acceptors (Lipinski definition) is 3. The van der Waals surface area contributed by atoms with E-state index in [0.29, 0.717) is 16.3 Å². The van der Waals surface area contributed by atoms with Crippen molar-refractivity contribution < 1.29 is 27.5 Å².